The van der Waals surface area contributed by atoms with Gasteiger partial charge in [0.25, 0.3) is 5.91 Å². The zero-order valence-corrected chi connectivity index (χ0v) is 30.7. The molecule has 1 aliphatic carbocycles. The van der Waals surface area contributed by atoms with Gasteiger partial charge in [0.1, 0.15) is 24.1 Å². The molecule has 1 saturated carbocycles. The van der Waals surface area contributed by atoms with Crippen molar-refractivity contribution < 1.29 is 33.4 Å². The van der Waals surface area contributed by atoms with E-state index in [1.807, 2.05) is 35.2 Å². The van der Waals surface area contributed by atoms with E-state index in [1.54, 1.807) is 20.8 Å². The van der Waals surface area contributed by atoms with Crippen molar-refractivity contribution in [2.45, 2.75) is 122 Å². The number of aromatic nitrogens is 4. The molecule has 3 fully saturated rings. The van der Waals surface area contributed by atoms with E-state index in [0.717, 1.165) is 74.2 Å². The van der Waals surface area contributed by atoms with Crippen LogP contribution in [0.1, 0.15) is 104 Å². The van der Waals surface area contributed by atoms with Gasteiger partial charge in [-0.2, -0.15) is 9.97 Å². The highest BCUT2D eigenvalue weighted by Crippen LogP contribution is 2.31. The number of carbonyl (C=O) groups excluding carboxylic acids is 2. The van der Waals surface area contributed by atoms with Crippen molar-refractivity contribution in [3.8, 4) is 5.75 Å². The second kappa shape index (κ2) is 18.0. The number of rotatable bonds is 14. The van der Waals surface area contributed by atoms with E-state index in [9.17, 15) is 9.59 Å². The Balaban J connectivity index is 1.05. The van der Waals surface area contributed by atoms with Crippen LogP contribution in [0.25, 0.3) is 11.2 Å². The largest absolute Gasteiger partial charge is 0.494 e. The predicted molar refractivity (Wildman–Crippen MR) is 195 cm³/mol. The molecule has 2 atom stereocenters. The molecule has 15 nitrogen and oxygen atoms in total. The molecule has 2 aromatic heterocycles. The Kier molecular flexibility index (Phi) is 13.0. The summed E-state index contributed by atoms with van der Waals surface area (Å²) in [5.74, 6) is 1.41. The van der Waals surface area contributed by atoms with E-state index in [4.69, 9.17) is 38.7 Å². The number of hydrogen-bond acceptors (Lipinski definition) is 12. The number of nitrogens with zero attached hydrogens (tertiary/aromatic N) is 5. The number of nitrogens with one attached hydrogen (secondary N) is 3. The molecule has 6 rings (SSSR count). The van der Waals surface area contributed by atoms with Gasteiger partial charge < -0.3 is 29.6 Å². The van der Waals surface area contributed by atoms with Crippen molar-refractivity contribution in [1.29, 1.82) is 0 Å². The van der Waals surface area contributed by atoms with Crippen molar-refractivity contribution in [3.05, 3.63) is 30.6 Å². The van der Waals surface area contributed by atoms with Crippen molar-refractivity contribution >= 4 is 40.6 Å². The van der Waals surface area contributed by atoms with Crippen LogP contribution >= 0.6 is 0 Å². The molecular formula is C37H54N8O7. The van der Waals surface area contributed by atoms with Gasteiger partial charge >= 0.3 is 6.09 Å². The molecule has 2 unspecified atom stereocenters. The zero-order valence-electron chi connectivity index (χ0n) is 30.7. The minimum absolute atomic E-state index is 0.0933. The lowest BCUT2D eigenvalue weighted by Gasteiger charge is -2.27. The van der Waals surface area contributed by atoms with Crippen LogP contribution in [0.5, 0.6) is 5.75 Å². The van der Waals surface area contributed by atoms with E-state index in [1.165, 1.54) is 24.2 Å². The Morgan fingerprint density at radius 2 is 1.69 bits per heavy atom. The van der Waals surface area contributed by atoms with E-state index >= 15 is 0 Å². The van der Waals surface area contributed by atoms with E-state index in [-0.39, 0.29) is 19.3 Å². The summed E-state index contributed by atoms with van der Waals surface area (Å²) in [5.41, 5.74) is 4.00. The molecule has 0 radical (unpaired) electrons. The van der Waals surface area contributed by atoms with Gasteiger partial charge in [0, 0.05) is 37.9 Å². The molecule has 3 aromatic rings. The van der Waals surface area contributed by atoms with Crippen LogP contribution in [0.4, 0.5) is 22.2 Å². The van der Waals surface area contributed by atoms with Gasteiger partial charge in [-0.1, -0.05) is 19.3 Å². The van der Waals surface area contributed by atoms with E-state index in [0.29, 0.717) is 43.8 Å². The summed E-state index contributed by atoms with van der Waals surface area (Å²) in [6.45, 7) is 7.03. The number of carbonyl (C=O) groups is 2. The number of benzene rings is 1. The number of amides is 2. The molecule has 2 aliphatic heterocycles. The maximum absolute atomic E-state index is 12.9. The average Bonchev–Trinajstić information content (AvgIpc) is 3.57. The third-order valence-corrected chi connectivity index (χ3v) is 9.21. The number of fused-ring (bicyclic) bond motifs is 1. The topological polar surface area (TPSA) is 163 Å². The third-order valence-electron chi connectivity index (χ3n) is 9.21. The molecule has 2 amide bonds. The standard InChI is InChI=1S/C37H54N8O7/c1-37(2,3)51-36(47)44(24-29(46)43-52-31-15-8-10-22-50-31)20-11-23-48-28-18-16-27(17-19-28)40-35-41-33(39-26-12-5-4-6-13-26)32-34(42-35)45(25-38-32)30-14-7-9-21-49-30/h16-19,25-26,30-31H,4-15,20-24H2,1-3H3,(H,43,46)(H2,39,40,41,42). The lowest BCUT2D eigenvalue weighted by atomic mass is 9.95. The summed E-state index contributed by atoms with van der Waals surface area (Å²) in [5, 5.41) is 7.04. The number of ether oxygens (including phenoxy) is 4. The molecule has 3 aliphatic rings. The Hall–Kier alpha value is -4.21. The zero-order chi connectivity index (χ0) is 36.3. The number of hydroxylamine groups is 1. The third kappa shape index (κ3) is 10.9. The van der Waals surface area contributed by atoms with Crippen molar-refractivity contribution in [3.63, 3.8) is 0 Å². The highest BCUT2D eigenvalue weighted by molar-refractivity contribution is 5.85. The van der Waals surface area contributed by atoms with Crippen LogP contribution in [0, 0.1) is 0 Å². The Labute approximate surface area is 305 Å². The second-order valence-electron chi connectivity index (χ2n) is 14.7. The number of hydrogen-bond donors (Lipinski definition) is 3. The highest BCUT2D eigenvalue weighted by Gasteiger charge is 2.26. The number of imidazole rings is 1. The van der Waals surface area contributed by atoms with Gasteiger partial charge in [-0.25, -0.2) is 20.1 Å². The van der Waals surface area contributed by atoms with Gasteiger partial charge in [-0.15, -0.1) is 0 Å². The summed E-state index contributed by atoms with van der Waals surface area (Å²) in [4.78, 5) is 46.8. The Morgan fingerprint density at radius 1 is 0.942 bits per heavy atom. The normalized spacial score (nSPS) is 19.9. The molecule has 52 heavy (non-hydrogen) atoms. The number of anilines is 3. The SMILES string of the molecule is CC(C)(C)OC(=O)N(CCCOc1ccc(Nc2nc(NC3CCCCC3)c3ncn(C4CCCCO4)c3n2)cc1)CC(=O)NOC1CCCCO1. The molecular weight excluding hydrogens is 668 g/mol. The van der Waals surface area contributed by atoms with Gasteiger partial charge in [-0.05, 0) is 96.4 Å². The molecule has 1 aromatic carbocycles. The quantitative estimate of drug-likeness (QED) is 0.121. The summed E-state index contributed by atoms with van der Waals surface area (Å²) in [6.07, 6.45) is 12.8. The smallest absolute Gasteiger partial charge is 0.410 e. The summed E-state index contributed by atoms with van der Waals surface area (Å²) in [6, 6.07) is 7.91. The molecule has 15 heteroatoms. The van der Waals surface area contributed by atoms with Gasteiger partial charge in [0.05, 0.1) is 12.9 Å². The average molecular weight is 723 g/mol. The fourth-order valence-electron chi connectivity index (χ4n) is 6.58. The Morgan fingerprint density at radius 3 is 2.40 bits per heavy atom. The van der Waals surface area contributed by atoms with Gasteiger partial charge in [0.2, 0.25) is 5.95 Å². The lowest BCUT2D eigenvalue weighted by Crippen LogP contribution is -2.45. The van der Waals surface area contributed by atoms with Crippen LogP contribution < -0.4 is 20.9 Å². The fraction of sp³-hybridized carbons (Fsp3) is 0.649. The maximum atomic E-state index is 12.9. The molecule has 3 N–H and O–H groups in total. The first-order valence-corrected chi connectivity index (χ1v) is 18.9. The minimum Gasteiger partial charge on any atom is -0.494 e. The van der Waals surface area contributed by atoms with E-state index < -0.39 is 23.9 Å². The molecule has 0 spiro atoms. The van der Waals surface area contributed by atoms with Gasteiger partial charge in [-0.3, -0.25) is 14.3 Å². The highest BCUT2D eigenvalue weighted by atomic mass is 16.8. The maximum Gasteiger partial charge on any atom is 0.410 e. The predicted octanol–water partition coefficient (Wildman–Crippen LogP) is 6.59. The minimum atomic E-state index is -0.709. The molecule has 0 bridgehead atoms. The van der Waals surface area contributed by atoms with Gasteiger partial charge in [0.15, 0.2) is 23.3 Å². The first kappa shape index (κ1) is 37.5. The van der Waals surface area contributed by atoms with Crippen molar-refractivity contribution in [2.24, 2.45) is 0 Å². The second-order valence-corrected chi connectivity index (χ2v) is 14.7. The van der Waals surface area contributed by atoms with Crippen LogP contribution in [-0.4, -0.2) is 87.3 Å². The summed E-state index contributed by atoms with van der Waals surface area (Å²) in [7, 11) is 0. The van der Waals surface area contributed by atoms with Crippen LogP contribution in [0.3, 0.4) is 0 Å². The Bertz CT molecular complexity index is 1590. The monoisotopic (exact) mass is 722 g/mol. The van der Waals surface area contributed by atoms with Crippen molar-refractivity contribution in [1.82, 2.24) is 29.9 Å². The molecule has 4 heterocycles. The van der Waals surface area contributed by atoms with Crippen molar-refractivity contribution in [2.75, 3.05) is 43.5 Å². The first-order chi connectivity index (χ1) is 25.2. The lowest BCUT2D eigenvalue weighted by molar-refractivity contribution is -0.200. The van der Waals surface area contributed by atoms with Crippen LogP contribution in [0.2, 0.25) is 0 Å². The summed E-state index contributed by atoms with van der Waals surface area (Å²) >= 11 is 0. The summed E-state index contributed by atoms with van der Waals surface area (Å²) < 4.78 is 25.1. The molecule has 284 valence electrons. The van der Waals surface area contributed by atoms with E-state index in [2.05, 4.69) is 16.1 Å². The molecule has 2 saturated heterocycles. The van der Waals surface area contributed by atoms with Crippen LogP contribution in [0.15, 0.2) is 30.6 Å². The fourth-order valence-corrected chi connectivity index (χ4v) is 6.58. The van der Waals surface area contributed by atoms with Crippen LogP contribution in [-0.2, 0) is 23.8 Å². The first-order valence-electron chi connectivity index (χ1n) is 18.9.